The van der Waals surface area contributed by atoms with E-state index in [4.69, 9.17) is 37.0 Å². The van der Waals surface area contributed by atoms with Crippen LogP contribution in [0, 0.1) is 17.8 Å². The lowest BCUT2D eigenvalue weighted by atomic mass is 9.99. The Morgan fingerprint density at radius 1 is 0.274 bits per heavy atom. The third-order valence-corrected chi connectivity index (χ3v) is 22.6. The molecule has 0 aliphatic heterocycles. The maximum atomic E-state index is 13.2. The smallest absolute Gasteiger partial charge is 0.462 e. The van der Waals surface area contributed by atoms with E-state index in [-0.39, 0.29) is 25.7 Å². The molecule has 0 amide bonds. The summed E-state index contributed by atoms with van der Waals surface area (Å²) in [5.74, 6) is 0.259. The highest BCUT2D eigenvalue weighted by Crippen LogP contribution is 2.45. The minimum atomic E-state index is -4.97. The first kappa shape index (κ1) is 104. The van der Waals surface area contributed by atoms with E-state index in [1.54, 1.807) is 0 Å². The second kappa shape index (κ2) is 77.0. The average Bonchev–Trinajstić information content (AvgIpc) is 0.888. The summed E-state index contributed by atoms with van der Waals surface area (Å²) in [7, 11) is -9.93. The maximum Gasteiger partial charge on any atom is 0.472 e. The molecule has 0 spiro atoms. The number of phosphoric acid groups is 2. The van der Waals surface area contributed by atoms with E-state index in [2.05, 4.69) is 48.5 Å². The van der Waals surface area contributed by atoms with Crippen LogP contribution in [0.1, 0.15) is 459 Å². The lowest BCUT2D eigenvalue weighted by molar-refractivity contribution is -0.161. The summed E-state index contributed by atoms with van der Waals surface area (Å²) in [5.41, 5.74) is 0. The van der Waals surface area contributed by atoms with E-state index in [9.17, 15) is 43.2 Å². The van der Waals surface area contributed by atoms with Gasteiger partial charge in [-0.15, -0.1) is 0 Å². The molecule has 0 aromatic rings. The van der Waals surface area contributed by atoms with Crippen LogP contribution >= 0.6 is 15.6 Å². The fourth-order valence-electron chi connectivity index (χ4n) is 13.5. The molecule has 0 aromatic heterocycles. The van der Waals surface area contributed by atoms with Crippen molar-refractivity contribution in [2.24, 2.45) is 17.8 Å². The first-order valence-corrected chi connectivity index (χ1v) is 47.9. The molecule has 0 heterocycles. The molecule has 19 heteroatoms. The fraction of sp³-hybridized carbons (Fsp3) is 0.954. The van der Waals surface area contributed by atoms with Crippen LogP contribution in [0.4, 0.5) is 0 Å². The largest absolute Gasteiger partial charge is 0.472 e. The van der Waals surface area contributed by atoms with Crippen molar-refractivity contribution in [3.8, 4) is 0 Å². The topological polar surface area (TPSA) is 237 Å². The van der Waals surface area contributed by atoms with Gasteiger partial charge in [-0.3, -0.25) is 37.3 Å². The number of rotatable bonds is 85. The highest BCUT2D eigenvalue weighted by atomic mass is 31.2. The minimum absolute atomic E-state index is 0.106. The third-order valence-electron chi connectivity index (χ3n) is 20.7. The zero-order chi connectivity index (χ0) is 77.9. The number of hydrogen-bond acceptors (Lipinski definition) is 15. The molecular weight excluding hydrogens is 1380 g/mol. The second-order valence-electron chi connectivity index (χ2n) is 32.5. The number of unbranched alkanes of at least 4 members (excludes halogenated alkanes) is 52. The standard InChI is InChI=1S/C87H170O17P2/c1-8-10-11-12-13-14-15-16-17-18-19-23-26-29-34-39-47-54-61-68-84(89)97-74-82(103-86(91)70-63-56-49-40-35-30-27-24-21-20-22-25-28-32-37-44-51-58-65-78(3)4)76-101-105(93,94)99-72-81(88)73-100-106(95,96)102-77-83(75-98-85(90)69-62-55-48-43-42-46-53-60-67-80(7)9-2)104-87(92)71-64-57-50-41-36-31-33-38-45-52-59-66-79(5)6/h78-83,88H,8-77H2,1-7H3,(H,93,94)(H,95,96)/t80?,81-,82-,83-/m1/s1. The predicted molar refractivity (Wildman–Crippen MR) is 437 cm³/mol. The molecule has 0 saturated heterocycles. The van der Waals surface area contributed by atoms with Crippen LogP contribution in [-0.4, -0.2) is 96.7 Å². The first-order valence-electron chi connectivity index (χ1n) is 44.9. The van der Waals surface area contributed by atoms with Crippen molar-refractivity contribution in [2.45, 2.75) is 478 Å². The summed E-state index contributed by atoms with van der Waals surface area (Å²) in [6.07, 6.45) is 68.0. The van der Waals surface area contributed by atoms with Crippen molar-refractivity contribution in [1.29, 1.82) is 0 Å². The van der Waals surface area contributed by atoms with Gasteiger partial charge < -0.3 is 33.8 Å². The molecule has 0 aromatic carbocycles. The van der Waals surface area contributed by atoms with Gasteiger partial charge in [0.1, 0.15) is 19.3 Å². The molecule has 0 aliphatic carbocycles. The van der Waals surface area contributed by atoms with E-state index in [0.29, 0.717) is 25.7 Å². The fourth-order valence-corrected chi connectivity index (χ4v) is 15.1. The minimum Gasteiger partial charge on any atom is -0.462 e. The Labute approximate surface area is 651 Å². The van der Waals surface area contributed by atoms with Crippen molar-refractivity contribution in [3.63, 3.8) is 0 Å². The molecule has 6 atom stereocenters. The number of carbonyl (C=O) groups is 4. The van der Waals surface area contributed by atoms with Crippen molar-refractivity contribution in [2.75, 3.05) is 39.6 Å². The van der Waals surface area contributed by atoms with E-state index in [0.717, 1.165) is 108 Å². The summed E-state index contributed by atoms with van der Waals surface area (Å²) >= 11 is 0. The lowest BCUT2D eigenvalue weighted by Gasteiger charge is -2.21. The second-order valence-corrected chi connectivity index (χ2v) is 35.4. The number of carbonyl (C=O) groups excluding carboxylic acids is 4. The number of aliphatic hydroxyl groups excluding tert-OH is 1. The Hall–Kier alpha value is -1.94. The van der Waals surface area contributed by atoms with Crippen molar-refractivity contribution in [1.82, 2.24) is 0 Å². The lowest BCUT2D eigenvalue weighted by Crippen LogP contribution is -2.30. The van der Waals surface area contributed by atoms with Gasteiger partial charge in [-0.1, -0.05) is 408 Å². The van der Waals surface area contributed by atoms with Crippen LogP contribution < -0.4 is 0 Å². The normalized spacial score (nSPS) is 14.1. The van der Waals surface area contributed by atoms with Crippen molar-refractivity contribution < 1.29 is 80.2 Å². The molecule has 0 rings (SSSR count). The highest BCUT2D eigenvalue weighted by molar-refractivity contribution is 7.47. The van der Waals surface area contributed by atoms with Crippen molar-refractivity contribution in [3.05, 3.63) is 0 Å². The Morgan fingerprint density at radius 3 is 0.717 bits per heavy atom. The summed E-state index contributed by atoms with van der Waals surface area (Å²) in [5, 5.41) is 10.7. The number of esters is 4. The van der Waals surface area contributed by atoms with E-state index < -0.39 is 97.5 Å². The Balaban J connectivity index is 5.25. The van der Waals surface area contributed by atoms with Gasteiger partial charge in [-0.2, -0.15) is 0 Å². The zero-order valence-electron chi connectivity index (χ0n) is 69.9. The van der Waals surface area contributed by atoms with E-state index >= 15 is 0 Å². The Morgan fingerprint density at radius 2 is 0.481 bits per heavy atom. The van der Waals surface area contributed by atoms with Crippen LogP contribution in [0.2, 0.25) is 0 Å². The first-order chi connectivity index (χ1) is 51.3. The maximum absolute atomic E-state index is 13.2. The van der Waals surface area contributed by atoms with E-state index in [1.165, 1.54) is 270 Å². The summed E-state index contributed by atoms with van der Waals surface area (Å²) in [4.78, 5) is 73.3. The SMILES string of the molecule is CCCCCCCCCCCCCCCCCCCCCC(=O)OC[C@H](COP(=O)(O)OC[C@@H](O)COP(=O)(O)OC[C@@H](COC(=O)CCCCCCCCCCC(C)CC)OC(=O)CCCCCCCCCCCCCC(C)C)OC(=O)CCCCCCCCCCCCCCCCCCCCC(C)C. The van der Waals surface area contributed by atoms with E-state index in [1.807, 2.05) is 0 Å². The average molecular weight is 1550 g/mol. The predicted octanol–water partition coefficient (Wildman–Crippen LogP) is 26.5. The molecule has 0 radical (unpaired) electrons. The Bertz CT molecular complexity index is 2050. The van der Waals surface area contributed by atoms with Crippen LogP contribution in [0.5, 0.6) is 0 Å². The molecule has 0 fully saturated rings. The molecule has 17 nitrogen and oxygen atoms in total. The highest BCUT2D eigenvalue weighted by Gasteiger charge is 2.31. The van der Waals surface area contributed by atoms with Crippen molar-refractivity contribution >= 4 is 39.5 Å². The quantitative estimate of drug-likeness (QED) is 0.0222. The molecule has 3 unspecified atom stereocenters. The summed E-state index contributed by atoms with van der Waals surface area (Å²) in [6, 6.07) is 0. The van der Waals surface area contributed by atoms with Gasteiger partial charge in [0, 0.05) is 25.7 Å². The monoisotopic (exact) mass is 1550 g/mol. The molecule has 0 aliphatic rings. The van der Waals surface area contributed by atoms with Gasteiger partial charge in [0.2, 0.25) is 0 Å². The molecule has 3 N–H and O–H groups in total. The van der Waals surface area contributed by atoms with Crippen LogP contribution in [0.25, 0.3) is 0 Å². The molecule has 0 saturated carbocycles. The number of hydrogen-bond donors (Lipinski definition) is 3. The third kappa shape index (κ3) is 78.7. The molecule has 0 bridgehead atoms. The van der Waals surface area contributed by atoms with Gasteiger partial charge >= 0.3 is 39.5 Å². The van der Waals surface area contributed by atoms with Gasteiger partial charge in [0.15, 0.2) is 12.2 Å². The number of phosphoric ester groups is 2. The van der Waals surface area contributed by atoms with Gasteiger partial charge in [0.25, 0.3) is 0 Å². The van der Waals surface area contributed by atoms with Crippen LogP contribution in [0.15, 0.2) is 0 Å². The Kier molecular flexibility index (Phi) is 75.6. The molecular formula is C87H170O17P2. The molecule has 630 valence electrons. The van der Waals surface area contributed by atoms with Gasteiger partial charge in [0.05, 0.1) is 26.4 Å². The van der Waals surface area contributed by atoms with Gasteiger partial charge in [-0.25, -0.2) is 9.13 Å². The van der Waals surface area contributed by atoms with Gasteiger partial charge in [-0.05, 0) is 43.4 Å². The summed E-state index contributed by atoms with van der Waals surface area (Å²) in [6.45, 7) is 12.0. The zero-order valence-corrected chi connectivity index (χ0v) is 71.7. The number of ether oxygens (including phenoxy) is 4. The van der Waals surface area contributed by atoms with Crippen LogP contribution in [-0.2, 0) is 65.4 Å². The molecule has 106 heavy (non-hydrogen) atoms. The number of aliphatic hydroxyl groups is 1. The summed E-state index contributed by atoms with van der Waals surface area (Å²) < 4.78 is 68.9. The van der Waals surface area contributed by atoms with Crippen LogP contribution in [0.3, 0.4) is 0 Å².